The van der Waals surface area contributed by atoms with E-state index in [1.54, 1.807) is 17.7 Å². The van der Waals surface area contributed by atoms with Crippen LogP contribution in [0.3, 0.4) is 0 Å². The summed E-state index contributed by atoms with van der Waals surface area (Å²) in [5, 5.41) is 23.5. The number of hydrogen-bond acceptors (Lipinski definition) is 8. The fraction of sp³-hybridized carbons (Fsp3) is 0.368. The van der Waals surface area contributed by atoms with Crippen molar-refractivity contribution in [3.05, 3.63) is 35.1 Å². The van der Waals surface area contributed by atoms with Gasteiger partial charge in [0, 0.05) is 6.61 Å². The molecule has 3 aromatic heterocycles. The number of nitrogens with one attached hydrogen (secondary N) is 1. The first-order valence-corrected chi connectivity index (χ1v) is 11.0. The van der Waals surface area contributed by atoms with Crippen molar-refractivity contribution in [2.24, 2.45) is 0 Å². The topological polar surface area (TPSA) is 106 Å². The van der Waals surface area contributed by atoms with Crippen LogP contribution in [0.4, 0.5) is 5.00 Å². The number of amides is 1. The average molecular weight is 430 g/mol. The fourth-order valence-electron chi connectivity index (χ4n) is 3.16. The molecule has 29 heavy (non-hydrogen) atoms. The van der Waals surface area contributed by atoms with Crippen molar-refractivity contribution in [1.29, 1.82) is 5.26 Å². The summed E-state index contributed by atoms with van der Waals surface area (Å²) in [5.74, 6) is 1.44. The van der Waals surface area contributed by atoms with Gasteiger partial charge in [0.05, 0.1) is 35.8 Å². The van der Waals surface area contributed by atoms with E-state index in [-0.39, 0.29) is 17.8 Å². The molecule has 10 heteroatoms. The van der Waals surface area contributed by atoms with Gasteiger partial charge in [0.15, 0.2) is 11.0 Å². The number of carbonyl (C=O) groups is 1. The van der Waals surface area contributed by atoms with Gasteiger partial charge in [0.2, 0.25) is 5.91 Å². The highest BCUT2D eigenvalue weighted by Crippen LogP contribution is 2.29. The molecule has 0 aromatic carbocycles. The Morgan fingerprint density at radius 3 is 3.10 bits per heavy atom. The molecule has 0 aliphatic carbocycles. The molecule has 0 bridgehead atoms. The van der Waals surface area contributed by atoms with E-state index in [2.05, 4.69) is 21.6 Å². The Morgan fingerprint density at radius 2 is 2.38 bits per heavy atom. The normalized spacial score (nSPS) is 16.1. The van der Waals surface area contributed by atoms with Gasteiger partial charge in [-0.1, -0.05) is 11.8 Å². The van der Waals surface area contributed by atoms with Crippen molar-refractivity contribution in [2.75, 3.05) is 17.7 Å². The number of nitriles is 1. The Kier molecular flexibility index (Phi) is 5.99. The lowest BCUT2D eigenvalue weighted by Crippen LogP contribution is -2.18. The van der Waals surface area contributed by atoms with Gasteiger partial charge in [-0.15, -0.1) is 21.5 Å². The van der Waals surface area contributed by atoms with Gasteiger partial charge in [0.1, 0.15) is 16.8 Å². The molecule has 1 unspecified atom stereocenters. The summed E-state index contributed by atoms with van der Waals surface area (Å²) in [6, 6.07) is 5.62. The van der Waals surface area contributed by atoms with Crippen molar-refractivity contribution in [1.82, 2.24) is 14.8 Å². The third-order valence-corrected chi connectivity index (χ3v) is 6.39. The van der Waals surface area contributed by atoms with Crippen LogP contribution < -0.4 is 5.32 Å². The molecule has 4 rings (SSSR count). The first-order chi connectivity index (χ1) is 14.2. The number of thioether (sulfide) groups is 1. The third kappa shape index (κ3) is 4.37. The molecule has 0 spiro atoms. The smallest absolute Gasteiger partial charge is 0.235 e. The molecule has 1 aliphatic heterocycles. The quantitative estimate of drug-likeness (QED) is 0.571. The summed E-state index contributed by atoms with van der Waals surface area (Å²) in [6.07, 6.45) is 3.76. The molecule has 0 radical (unpaired) electrons. The van der Waals surface area contributed by atoms with Gasteiger partial charge in [0.25, 0.3) is 0 Å². The zero-order valence-corrected chi connectivity index (χ0v) is 17.4. The second-order valence-corrected chi connectivity index (χ2v) is 8.41. The minimum atomic E-state index is -0.193. The Balaban J connectivity index is 1.50. The lowest BCUT2D eigenvalue weighted by molar-refractivity contribution is -0.113. The Labute approximate surface area is 175 Å². The maximum atomic E-state index is 12.4. The summed E-state index contributed by atoms with van der Waals surface area (Å²) in [5.41, 5.74) is 1.34. The van der Waals surface area contributed by atoms with Crippen LogP contribution >= 0.6 is 23.1 Å². The Morgan fingerprint density at radius 1 is 1.48 bits per heavy atom. The predicted octanol–water partition coefficient (Wildman–Crippen LogP) is 3.69. The molecule has 1 fully saturated rings. The van der Waals surface area contributed by atoms with Gasteiger partial charge >= 0.3 is 0 Å². The minimum absolute atomic E-state index is 0.106. The number of furan rings is 1. The molecule has 1 amide bonds. The third-order valence-electron chi connectivity index (χ3n) is 4.60. The van der Waals surface area contributed by atoms with Gasteiger partial charge < -0.3 is 14.5 Å². The number of carbonyl (C=O) groups excluding carboxylic acids is 1. The summed E-state index contributed by atoms with van der Waals surface area (Å²) in [4.78, 5) is 12.4. The fourth-order valence-corrected chi connectivity index (χ4v) is 4.66. The van der Waals surface area contributed by atoms with E-state index in [1.807, 2.05) is 17.6 Å². The second-order valence-electron chi connectivity index (χ2n) is 6.55. The van der Waals surface area contributed by atoms with Crippen LogP contribution in [-0.4, -0.2) is 39.1 Å². The van der Waals surface area contributed by atoms with E-state index in [1.165, 1.54) is 23.1 Å². The molecule has 4 heterocycles. The second kappa shape index (κ2) is 8.82. The van der Waals surface area contributed by atoms with Crippen LogP contribution in [0, 0.1) is 18.3 Å². The number of rotatable bonds is 7. The van der Waals surface area contributed by atoms with Crippen LogP contribution in [0.1, 0.15) is 24.2 Å². The van der Waals surface area contributed by atoms with Crippen LogP contribution in [0.15, 0.2) is 33.3 Å². The van der Waals surface area contributed by atoms with Gasteiger partial charge in [-0.2, -0.15) is 5.26 Å². The maximum Gasteiger partial charge on any atom is 0.235 e. The van der Waals surface area contributed by atoms with E-state index in [0.29, 0.717) is 28.1 Å². The lowest BCUT2D eigenvalue weighted by atomic mass is 10.2. The summed E-state index contributed by atoms with van der Waals surface area (Å²) in [7, 11) is 0. The number of aryl methyl sites for hydroxylation is 1. The molecule has 1 atom stereocenters. The average Bonchev–Trinajstić information content (AvgIpc) is 3.49. The molecule has 1 aliphatic rings. The highest BCUT2D eigenvalue weighted by Gasteiger charge is 2.23. The summed E-state index contributed by atoms with van der Waals surface area (Å²) in [6.45, 7) is 3.27. The SMILES string of the molecule is Cc1occc1-c1nnc(SCC(=O)Nc2sccc2C#N)n1CC1CCCO1. The molecule has 1 N–H and O–H groups in total. The van der Waals surface area contributed by atoms with Crippen LogP contribution in [0.25, 0.3) is 11.4 Å². The lowest BCUT2D eigenvalue weighted by Gasteiger charge is -2.14. The highest BCUT2D eigenvalue weighted by atomic mass is 32.2. The minimum Gasteiger partial charge on any atom is -0.469 e. The molecular formula is C19H19N5O3S2. The van der Waals surface area contributed by atoms with E-state index < -0.39 is 0 Å². The van der Waals surface area contributed by atoms with Crippen molar-refractivity contribution < 1.29 is 13.9 Å². The first kappa shape index (κ1) is 19.7. The monoisotopic (exact) mass is 429 g/mol. The molecule has 3 aromatic rings. The van der Waals surface area contributed by atoms with Gasteiger partial charge in [-0.05, 0) is 37.3 Å². The predicted molar refractivity (Wildman–Crippen MR) is 110 cm³/mol. The van der Waals surface area contributed by atoms with Crippen LogP contribution in [-0.2, 0) is 16.1 Å². The zero-order chi connectivity index (χ0) is 20.2. The molecule has 1 saturated heterocycles. The van der Waals surface area contributed by atoms with E-state index in [4.69, 9.17) is 14.4 Å². The number of anilines is 1. The Bertz CT molecular complexity index is 1040. The van der Waals surface area contributed by atoms with Crippen LogP contribution in [0.2, 0.25) is 0 Å². The van der Waals surface area contributed by atoms with Crippen molar-refractivity contribution in [3.63, 3.8) is 0 Å². The number of aromatic nitrogens is 3. The summed E-state index contributed by atoms with van der Waals surface area (Å²) < 4.78 is 13.2. The molecule has 0 saturated carbocycles. The standard InChI is InChI=1S/C19H19N5O3S2/c1-12-15(4-7-26-12)17-22-23-19(24(17)10-14-3-2-6-27-14)29-11-16(25)21-18-13(9-20)5-8-28-18/h4-5,7-8,14H,2-3,6,10-11H2,1H3,(H,21,25). The molecular weight excluding hydrogens is 410 g/mol. The van der Waals surface area contributed by atoms with Crippen molar-refractivity contribution in [3.8, 4) is 17.5 Å². The number of thiophene rings is 1. The van der Waals surface area contributed by atoms with E-state index >= 15 is 0 Å². The van der Waals surface area contributed by atoms with Crippen molar-refractivity contribution >= 4 is 34.0 Å². The molecule has 8 nitrogen and oxygen atoms in total. The van der Waals surface area contributed by atoms with Gasteiger partial charge in [-0.3, -0.25) is 9.36 Å². The largest absolute Gasteiger partial charge is 0.469 e. The zero-order valence-electron chi connectivity index (χ0n) is 15.8. The number of ether oxygens (including phenoxy) is 1. The maximum absolute atomic E-state index is 12.4. The first-order valence-electron chi connectivity index (χ1n) is 9.15. The van der Waals surface area contributed by atoms with Crippen molar-refractivity contribution in [2.45, 2.75) is 37.6 Å². The van der Waals surface area contributed by atoms with E-state index in [9.17, 15) is 4.79 Å². The van der Waals surface area contributed by atoms with Crippen LogP contribution in [0.5, 0.6) is 0 Å². The van der Waals surface area contributed by atoms with E-state index in [0.717, 1.165) is 30.8 Å². The number of nitrogens with zero attached hydrogens (tertiary/aromatic N) is 4. The highest BCUT2D eigenvalue weighted by molar-refractivity contribution is 7.99. The van der Waals surface area contributed by atoms with Gasteiger partial charge in [-0.25, -0.2) is 0 Å². The summed E-state index contributed by atoms with van der Waals surface area (Å²) >= 11 is 2.64. The molecule has 150 valence electrons. The Hall–Kier alpha value is -2.61. The number of hydrogen-bond donors (Lipinski definition) is 1.